The maximum absolute atomic E-state index is 12.6. The first kappa shape index (κ1) is 23.4. The first-order valence-electron chi connectivity index (χ1n) is 9.71. The highest BCUT2D eigenvalue weighted by Crippen LogP contribution is 2.50. The van der Waals surface area contributed by atoms with Crippen LogP contribution in [0.4, 0.5) is 0 Å². The molecule has 8 nitrogen and oxygen atoms in total. The predicted molar refractivity (Wildman–Crippen MR) is 126 cm³/mol. The van der Waals surface area contributed by atoms with Gasteiger partial charge in [-0.3, -0.25) is 9.59 Å². The summed E-state index contributed by atoms with van der Waals surface area (Å²) in [4.78, 5) is 36.9. The van der Waals surface area contributed by atoms with Crippen molar-refractivity contribution in [1.82, 2.24) is 0 Å². The van der Waals surface area contributed by atoms with Gasteiger partial charge in [0.2, 0.25) is 5.43 Å². The van der Waals surface area contributed by atoms with Crippen LogP contribution in [0.15, 0.2) is 39.5 Å². The van der Waals surface area contributed by atoms with Crippen molar-refractivity contribution in [2.24, 2.45) is 0 Å². The quantitative estimate of drug-likeness (QED) is 0.271. The lowest BCUT2D eigenvalue weighted by Crippen LogP contribution is -2.10. The van der Waals surface area contributed by atoms with Crippen molar-refractivity contribution in [3.8, 4) is 39.7 Å². The van der Waals surface area contributed by atoms with Gasteiger partial charge in [0.15, 0.2) is 34.4 Å². The molecule has 0 atom stereocenters. The van der Waals surface area contributed by atoms with Gasteiger partial charge >= 0.3 is 5.97 Å². The van der Waals surface area contributed by atoms with E-state index < -0.39 is 17.1 Å². The molecule has 0 radical (unpaired) electrons. The number of phenolic OH excluding ortho intramolecular Hbond substituents is 1. The van der Waals surface area contributed by atoms with Crippen LogP contribution in [0, 0.1) is 0 Å². The Morgan fingerprint density at radius 2 is 1.65 bits per heavy atom. The van der Waals surface area contributed by atoms with Gasteiger partial charge in [-0.05, 0) is 36.8 Å². The third kappa shape index (κ3) is 3.52. The summed E-state index contributed by atoms with van der Waals surface area (Å²) in [6, 6.07) is 6.89. The Bertz CT molecular complexity index is 1540. The van der Waals surface area contributed by atoms with Crippen LogP contribution >= 0.6 is 23.2 Å². The molecule has 1 heterocycles. The number of aromatic carboxylic acids is 1. The number of methoxy groups -OCH3 is 2. The van der Waals surface area contributed by atoms with Crippen LogP contribution in [0.3, 0.4) is 0 Å². The minimum absolute atomic E-state index is 0.00796. The lowest BCUT2D eigenvalue weighted by molar-refractivity contribution is 0.0697. The molecule has 0 saturated heterocycles. The van der Waals surface area contributed by atoms with Gasteiger partial charge in [-0.2, -0.15) is 0 Å². The highest BCUT2D eigenvalue weighted by atomic mass is 35.5. The van der Waals surface area contributed by atoms with E-state index in [9.17, 15) is 24.6 Å². The number of fused-ring (bicyclic) bond motifs is 2. The fourth-order valence-electron chi connectivity index (χ4n) is 3.76. The Kier molecular flexibility index (Phi) is 5.89. The second kappa shape index (κ2) is 8.55. The Hall–Kier alpha value is -3.75. The number of ketones is 1. The molecule has 0 unspecified atom stereocenters. The second-order valence-corrected chi connectivity index (χ2v) is 8.07. The molecule has 4 rings (SSSR count). The lowest BCUT2D eigenvalue weighted by atomic mass is 9.89. The Balaban J connectivity index is 2.35. The summed E-state index contributed by atoms with van der Waals surface area (Å²) < 4.78 is 16.2. The van der Waals surface area contributed by atoms with Gasteiger partial charge in [0.05, 0.1) is 19.8 Å². The number of benzene rings is 3. The normalized spacial score (nSPS) is 11.1. The summed E-state index contributed by atoms with van der Waals surface area (Å²) in [6.07, 6.45) is 0. The zero-order chi connectivity index (χ0) is 24.9. The van der Waals surface area contributed by atoms with E-state index in [2.05, 4.69) is 0 Å². The molecule has 1 aliphatic carbocycles. The fourth-order valence-corrected chi connectivity index (χ4v) is 4.23. The van der Waals surface area contributed by atoms with Gasteiger partial charge in [-0.15, -0.1) is 0 Å². The molecule has 2 aromatic carbocycles. The second-order valence-electron chi connectivity index (χ2n) is 7.32. The average Bonchev–Trinajstić information content (AvgIpc) is 2.82. The van der Waals surface area contributed by atoms with E-state index in [0.717, 1.165) is 0 Å². The van der Waals surface area contributed by atoms with Crippen LogP contribution in [-0.2, 0) is 0 Å². The van der Waals surface area contributed by atoms with Crippen LogP contribution in [0.2, 0.25) is 10.0 Å². The number of hydrogen-bond acceptors (Lipinski definition) is 7. The van der Waals surface area contributed by atoms with Crippen molar-refractivity contribution in [2.75, 3.05) is 14.2 Å². The van der Waals surface area contributed by atoms with E-state index in [1.807, 2.05) is 0 Å². The number of carboxylic acid groups (broad SMARTS) is 1. The number of hydrogen-bond donors (Lipinski definition) is 2. The molecular weight excluding hydrogens is 487 g/mol. The Morgan fingerprint density at radius 1 is 0.971 bits per heavy atom. The molecule has 0 amide bonds. The predicted octanol–water partition coefficient (Wildman–Crippen LogP) is 5.50. The smallest absolute Gasteiger partial charge is 0.336 e. The summed E-state index contributed by atoms with van der Waals surface area (Å²) in [5, 5.41) is 20.0. The molecule has 0 saturated carbocycles. The minimum atomic E-state index is -1.26. The number of Topliss-reactive ketones (excluding diaryl/α,β-unsaturated/α-hetero) is 1. The molecule has 34 heavy (non-hydrogen) atoms. The number of carbonyl (C=O) groups excluding carboxylic acids is 1. The van der Waals surface area contributed by atoms with Crippen molar-refractivity contribution < 1.29 is 33.7 Å². The molecule has 174 valence electrons. The largest absolute Gasteiger partial charge is 0.503 e. The van der Waals surface area contributed by atoms with Gasteiger partial charge < -0.3 is 24.1 Å². The molecular formula is C24H16Cl2O8. The number of phenols is 1. The van der Waals surface area contributed by atoms with Crippen molar-refractivity contribution >= 4 is 45.9 Å². The molecule has 0 aromatic heterocycles. The van der Waals surface area contributed by atoms with Gasteiger partial charge in [0, 0.05) is 22.1 Å². The van der Waals surface area contributed by atoms with Gasteiger partial charge in [-0.1, -0.05) is 29.3 Å². The summed E-state index contributed by atoms with van der Waals surface area (Å²) in [5.74, 6) is -2.20. The zero-order valence-electron chi connectivity index (χ0n) is 18.0. The molecule has 2 N–H and O–H groups in total. The minimum Gasteiger partial charge on any atom is -0.503 e. The van der Waals surface area contributed by atoms with Crippen LogP contribution in [0.1, 0.15) is 27.6 Å². The number of carboxylic acids is 1. The molecule has 2 aromatic rings. The van der Waals surface area contributed by atoms with E-state index >= 15 is 0 Å². The third-order valence-electron chi connectivity index (χ3n) is 5.41. The molecule has 1 aliphatic heterocycles. The van der Waals surface area contributed by atoms with Gasteiger partial charge in [-0.25, -0.2) is 4.79 Å². The average molecular weight is 503 g/mol. The fraction of sp³-hybridized carbons (Fsp3) is 0.125. The van der Waals surface area contributed by atoms with Gasteiger partial charge in [0.25, 0.3) is 0 Å². The maximum atomic E-state index is 12.6. The van der Waals surface area contributed by atoms with Crippen LogP contribution in [-0.4, -0.2) is 36.2 Å². The number of halogens is 2. The molecule has 10 heteroatoms. The standard InChI is InChI=1S/C24H16Cl2O8/c1-9(27)10-4-5-11(24(30)31)12(6-10)17-13-7-15(32-2)20(28)18(25)22(13)34-23-14(17)8-16(33-3)21(29)19(23)26/h4-8,28H,1-3H3,(H,30,31). The molecule has 0 bridgehead atoms. The Morgan fingerprint density at radius 3 is 2.24 bits per heavy atom. The number of rotatable bonds is 5. The topological polar surface area (TPSA) is 123 Å². The van der Waals surface area contributed by atoms with Crippen molar-refractivity contribution in [2.45, 2.75) is 6.92 Å². The first-order valence-corrected chi connectivity index (χ1v) is 10.5. The molecule has 0 fully saturated rings. The zero-order valence-corrected chi connectivity index (χ0v) is 19.5. The van der Waals surface area contributed by atoms with Crippen LogP contribution < -0.4 is 14.9 Å². The summed E-state index contributed by atoms with van der Waals surface area (Å²) in [7, 11) is 2.60. The SMILES string of the molecule is COc1cc2c(-c3cc(C(C)=O)ccc3C(=O)O)c3cc(OC)c(=O)c(Cl)c-3oc2c(Cl)c1O. The van der Waals surface area contributed by atoms with Crippen molar-refractivity contribution in [1.29, 1.82) is 0 Å². The lowest BCUT2D eigenvalue weighted by Gasteiger charge is -2.20. The van der Waals surface area contributed by atoms with E-state index in [-0.39, 0.29) is 71.9 Å². The highest BCUT2D eigenvalue weighted by molar-refractivity contribution is 6.38. The summed E-state index contributed by atoms with van der Waals surface area (Å²) in [6.45, 7) is 1.34. The van der Waals surface area contributed by atoms with E-state index in [0.29, 0.717) is 0 Å². The number of aromatic hydroxyl groups is 1. The molecule has 2 aliphatic rings. The summed E-state index contributed by atoms with van der Waals surface area (Å²) in [5.41, 5.74) is -0.0283. The number of carbonyl (C=O) groups is 2. The first-order chi connectivity index (χ1) is 16.1. The highest BCUT2D eigenvalue weighted by Gasteiger charge is 2.29. The van der Waals surface area contributed by atoms with E-state index in [1.54, 1.807) is 0 Å². The Labute approximate surface area is 202 Å². The van der Waals surface area contributed by atoms with E-state index in [1.165, 1.54) is 51.5 Å². The van der Waals surface area contributed by atoms with Crippen molar-refractivity contribution in [3.05, 3.63) is 61.7 Å². The van der Waals surface area contributed by atoms with Crippen LogP contribution in [0.5, 0.6) is 17.2 Å². The maximum Gasteiger partial charge on any atom is 0.336 e. The number of ether oxygens (including phenoxy) is 2. The third-order valence-corrected chi connectivity index (χ3v) is 6.11. The van der Waals surface area contributed by atoms with Crippen molar-refractivity contribution in [3.63, 3.8) is 0 Å². The monoisotopic (exact) mass is 502 g/mol. The molecule has 0 spiro atoms. The summed E-state index contributed by atoms with van der Waals surface area (Å²) >= 11 is 12.7. The van der Waals surface area contributed by atoms with E-state index in [4.69, 9.17) is 37.1 Å². The van der Waals surface area contributed by atoms with Gasteiger partial charge in [0.1, 0.15) is 10.0 Å². The van der Waals surface area contributed by atoms with Crippen LogP contribution in [0.25, 0.3) is 33.4 Å².